The fraction of sp³-hybridized carbons (Fsp3) is 0.789. The third kappa shape index (κ3) is 16.7. The number of anilines is 1. The van der Waals surface area contributed by atoms with Gasteiger partial charge in [0.2, 0.25) is 0 Å². The molecule has 0 bridgehead atoms. The van der Waals surface area contributed by atoms with Crippen molar-refractivity contribution in [3.8, 4) is 0 Å². The molecule has 0 amide bonds. The van der Waals surface area contributed by atoms with Gasteiger partial charge in [-0.1, -0.05) is 180 Å². The maximum absolute atomic E-state index is 2.64. The van der Waals surface area contributed by atoms with Crippen LogP contribution in [0.5, 0.6) is 0 Å². The van der Waals surface area contributed by atoms with Gasteiger partial charge in [0.25, 0.3) is 0 Å². The van der Waals surface area contributed by atoms with Crippen molar-refractivity contribution >= 4 is 5.69 Å². The van der Waals surface area contributed by atoms with Crippen LogP contribution in [0.15, 0.2) is 42.7 Å². The lowest BCUT2D eigenvalue weighted by Gasteiger charge is -2.33. The number of nitrogens with zero attached hydrogens (tertiary/aromatic N) is 2. The number of benzene rings is 1. The van der Waals surface area contributed by atoms with Crippen LogP contribution in [0, 0.1) is 0 Å². The summed E-state index contributed by atoms with van der Waals surface area (Å²) >= 11 is 0. The molecule has 1 aliphatic rings. The highest BCUT2D eigenvalue weighted by atomic mass is 15.4. The van der Waals surface area contributed by atoms with Gasteiger partial charge in [0.15, 0.2) is 0 Å². The predicted octanol–water partition coefficient (Wildman–Crippen LogP) is 12.8. The summed E-state index contributed by atoms with van der Waals surface area (Å²) in [6.07, 6.45) is 42.2. The second-order valence-electron chi connectivity index (χ2n) is 12.7. The van der Waals surface area contributed by atoms with Crippen LogP contribution < -0.4 is 4.90 Å². The van der Waals surface area contributed by atoms with Crippen molar-refractivity contribution in [2.75, 3.05) is 11.4 Å². The lowest BCUT2D eigenvalue weighted by molar-refractivity contribution is 0.273. The largest absolute Gasteiger partial charge is 0.356 e. The zero-order valence-electron chi connectivity index (χ0n) is 27.1. The molecule has 0 fully saturated rings. The van der Waals surface area contributed by atoms with Crippen molar-refractivity contribution in [2.24, 2.45) is 0 Å². The minimum atomic E-state index is 0.503. The molecular formula is C38H68N2. The Balaban J connectivity index is 1.51. The maximum Gasteiger partial charge on any atom is 0.105 e. The van der Waals surface area contributed by atoms with Crippen LogP contribution in [0.4, 0.5) is 5.69 Å². The Morgan fingerprint density at radius 1 is 0.450 bits per heavy atom. The predicted molar refractivity (Wildman–Crippen MR) is 180 cm³/mol. The molecule has 1 aromatic carbocycles. The van der Waals surface area contributed by atoms with E-state index in [0.29, 0.717) is 6.17 Å². The van der Waals surface area contributed by atoms with Crippen molar-refractivity contribution in [2.45, 2.75) is 187 Å². The van der Waals surface area contributed by atoms with Crippen LogP contribution in [-0.2, 0) is 0 Å². The molecule has 0 aromatic heterocycles. The van der Waals surface area contributed by atoms with Gasteiger partial charge < -0.3 is 9.80 Å². The third-order valence-corrected chi connectivity index (χ3v) is 9.01. The smallest absolute Gasteiger partial charge is 0.105 e. The topological polar surface area (TPSA) is 6.48 Å². The van der Waals surface area contributed by atoms with Gasteiger partial charge in [-0.25, -0.2) is 0 Å². The summed E-state index contributed by atoms with van der Waals surface area (Å²) in [4.78, 5) is 5.16. The standard InChI is InChI=1S/C38H68N2/c1-3-5-7-9-11-13-14-15-16-17-18-19-20-21-22-24-29-33-38-39(34-30-25-23-12-10-8-6-4-2)35-36-40(38)37-31-27-26-28-32-37/h26-28,31-32,35-36,38H,3-25,29-30,33-34H2,1-2H3. The zero-order valence-corrected chi connectivity index (χ0v) is 27.1. The molecule has 40 heavy (non-hydrogen) atoms. The number of unbranched alkanes of at least 4 members (excludes halogenated alkanes) is 23. The number of para-hydroxylation sites is 1. The first-order valence-electron chi connectivity index (χ1n) is 18.1. The Morgan fingerprint density at radius 2 is 0.850 bits per heavy atom. The molecule has 0 aliphatic carbocycles. The van der Waals surface area contributed by atoms with Crippen molar-refractivity contribution in [3.05, 3.63) is 42.7 Å². The van der Waals surface area contributed by atoms with Crippen molar-refractivity contribution < 1.29 is 0 Å². The molecule has 1 aliphatic heterocycles. The lowest BCUT2D eigenvalue weighted by atomic mass is 10.0. The van der Waals surface area contributed by atoms with Crippen molar-refractivity contribution in [3.63, 3.8) is 0 Å². The molecule has 0 spiro atoms. The lowest BCUT2D eigenvalue weighted by Crippen LogP contribution is -2.39. The average molecular weight is 553 g/mol. The molecule has 0 N–H and O–H groups in total. The monoisotopic (exact) mass is 553 g/mol. The molecule has 1 aromatic rings. The quantitative estimate of drug-likeness (QED) is 0.0954. The van der Waals surface area contributed by atoms with E-state index in [2.05, 4.69) is 66.4 Å². The molecular weight excluding hydrogens is 484 g/mol. The minimum Gasteiger partial charge on any atom is -0.356 e. The fourth-order valence-corrected chi connectivity index (χ4v) is 6.38. The molecule has 2 nitrogen and oxygen atoms in total. The van der Waals surface area contributed by atoms with Gasteiger partial charge in [0.05, 0.1) is 0 Å². The summed E-state index contributed by atoms with van der Waals surface area (Å²) in [6.45, 7) is 5.82. The first-order chi connectivity index (χ1) is 19.9. The first kappa shape index (κ1) is 34.8. The Morgan fingerprint density at radius 3 is 1.30 bits per heavy atom. The fourth-order valence-electron chi connectivity index (χ4n) is 6.38. The summed E-state index contributed by atoms with van der Waals surface area (Å²) in [5, 5.41) is 0. The molecule has 0 saturated carbocycles. The molecule has 230 valence electrons. The van der Waals surface area contributed by atoms with Gasteiger partial charge in [-0.3, -0.25) is 0 Å². The van der Waals surface area contributed by atoms with Crippen LogP contribution in [-0.4, -0.2) is 17.6 Å². The molecule has 0 radical (unpaired) electrons. The molecule has 0 saturated heterocycles. The van der Waals surface area contributed by atoms with E-state index in [1.165, 1.54) is 179 Å². The third-order valence-electron chi connectivity index (χ3n) is 9.01. The zero-order chi connectivity index (χ0) is 28.4. The van der Waals surface area contributed by atoms with E-state index in [1.54, 1.807) is 0 Å². The van der Waals surface area contributed by atoms with E-state index < -0.39 is 0 Å². The SMILES string of the molecule is CCCCCCCCCCCCCCCCCCCC1N(CCCCCCCCCC)C=CN1c1ccccc1. The van der Waals surface area contributed by atoms with Crippen LogP contribution in [0.25, 0.3) is 0 Å². The van der Waals surface area contributed by atoms with Gasteiger partial charge in [-0.2, -0.15) is 0 Å². The van der Waals surface area contributed by atoms with E-state index >= 15 is 0 Å². The Hall–Kier alpha value is -1.44. The van der Waals surface area contributed by atoms with Gasteiger partial charge in [-0.05, 0) is 31.4 Å². The van der Waals surface area contributed by atoms with Crippen molar-refractivity contribution in [1.29, 1.82) is 0 Å². The highest BCUT2D eigenvalue weighted by molar-refractivity contribution is 5.51. The molecule has 1 atom stereocenters. The van der Waals surface area contributed by atoms with Crippen LogP contribution >= 0.6 is 0 Å². The maximum atomic E-state index is 2.64. The van der Waals surface area contributed by atoms with Gasteiger partial charge in [-0.15, -0.1) is 0 Å². The Bertz CT molecular complexity index is 684. The second kappa shape index (κ2) is 25.3. The van der Waals surface area contributed by atoms with E-state index in [4.69, 9.17) is 0 Å². The van der Waals surface area contributed by atoms with Crippen LogP contribution in [0.3, 0.4) is 0 Å². The van der Waals surface area contributed by atoms with Crippen molar-refractivity contribution in [1.82, 2.24) is 4.90 Å². The van der Waals surface area contributed by atoms with Gasteiger partial charge in [0, 0.05) is 24.6 Å². The number of rotatable bonds is 28. The molecule has 1 heterocycles. The normalized spacial score (nSPS) is 15.0. The highest BCUT2D eigenvalue weighted by Crippen LogP contribution is 2.28. The molecule has 2 heteroatoms. The second-order valence-corrected chi connectivity index (χ2v) is 12.7. The van der Waals surface area contributed by atoms with E-state index in [1.807, 2.05) is 0 Å². The summed E-state index contributed by atoms with van der Waals surface area (Å²) < 4.78 is 0. The first-order valence-corrected chi connectivity index (χ1v) is 18.1. The molecule has 1 unspecified atom stereocenters. The Kier molecular flexibility index (Phi) is 22.0. The minimum absolute atomic E-state index is 0.503. The number of hydrogen-bond acceptors (Lipinski definition) is 2. The number of hydrogen-bond donors (Lipinski definition) is 0. The summed E-state index contributed by atoms with van der Waals surface area (Å²) in [6, 6.07) is 11.0. The van der Waals surface area contributed by atoms with E-state index in [-0.39, 0.29) is 0 Å². The van der Waals surface area contributed by atoms with Crippen LogP contribution in [0.2, 0.25) is 0 Å². The van der Waals surface area contributed by atoms with Crippen LogP contribution in [0.1, 0.15) is 181 Å². The summed E-state index contributed by atoms with van der Waals surface area (Å²) in [5.74, 6) is 0. The average Bonchev–Trinajstić information content (AvgIpc) is 3.39. The highest BCUT2D eigenvalue weighted by Gasteiger charge is 2.26. The van der Waals surface area contributed by atoms with E-state index in [0.717, 1.165) is 0 Å². The Labute approximate surface area is 251 Å². The molecule has 2 rings (SSSR count). The van der Waals surface area contributed by atoms with Gasteiger partial charge >= 0.3 is 0 Å². The van der Waals surface area contributed by atoms with Gasteiger partial charge in [0.1, 0.15) is 6.17 Å². The van der Waals surface area contributed by atoms with E-state index in [9.17, 15) is 0 Å². The summed E-state index contributed by atoms with van der Waals surface area (Å²) in [5.41, 5.74) is 1.34. The summed E-state index contributed by atoms with van der Waals surface area (Å²) in [7, 11) is 0.